The lowest BCUT2D eigenvalue weighted by molar-refractivity contribution is -0.276. The minimum atomic E-state index is -4.99. The van der Waals surface area contributed by atoms with E-state index in [9.17, 15) is 22.8 Å². The van der Waals surface area contributed by atoms with Crippen molar-refractivity contribution in [1.29, 1.82) is 0 Å². The number of hydrogen-bond donors (Lipinski definition) is 2. The zero-order chi connectivity index (χ0) is 12.5. The van der Waals surface area contributed by atoms with Gasteiger partial charge in [0.05, 0.1) is 9.13 Å². The first kappa shape index (κ1) is 12.8. The summed E-state index contributed by atoms with van der Waals surface area (Å²) in [5, 5.41) is 8.62. The molecule has 16 heavy (non-hydrogen) atoms. The Morgan fingerprint density at radius 2 is 2.06 bits per heavy atom. The third kappa shape index (κ3) is 3.12. The van der Waals surface area contributed by atoms with E-state index in [0.717, 1.165) is 0 Å². The van der Waals surface area contributed by atoms with Gasteiger partial charge in [0, 0.05) is 6.07 Å². The first-order chi connectivity index (χ1) is 7.20. The van der Waals surface area contributed by atoms with Gasteiger partial charge in [0.1, 0.15) is 0 Å². The number of aromatic nitrogens is 1. The Balaban J connectivity index is 3.25. The number of pyridine rings is 1. The van der Waals surface area contributed by atoms with Crippen molar-refractivity contribution in [3.05, 3.63) is 25.6 Å². The Morgan fingerprint density at radius 3 is 2.50 bits per heavy atom. The van der Waals surface area contributed by atoms with Crippen LogP contribution in [0.1, 0.15) is 10.4 Å². The molecule has 1 rings (SSSR count). The lowest BCUT2D eigenvalue weighted by Gasteiger charge is -2.09. The highest BCUT2D eigenvalue weighted by atomic mass is 127. The molecule has 5 nitrogen and oxygen atoms in total. The minimum absolute atomic E-state index is 0.223. The Kier molecular flexibility index (Phi) is 3.45. The topological polar surface area (TPSA) is 79.4 Å². The molecular weight excluding hydrogens is 346 g/mol. The molecule has 1 heterocycles. The molecule has 0 fully saturated rings. The number of halogens is 4. The average Bonchev–Trinajstić information content (AvgIpc) is 2.07. The van der Waals surface area contributed by atoms with Gasteiger partial charge in [-0.2, -0.15) is 0 Å². The summed E-state index contributed by atoms with van der Waals surface area (Å²) in [4.78, 5) is 23.4. The van der Waals surface area contributed by atoms with Crippen LogP contribution in [0.5, 0.6) is 5.88 Å². The molecule has 0 aromatic carbocycles. The fourth-order valence-corrected chi connectivity index (χ4v) is 1.38. The van der Waals surface area contributed by atoms with Crippen LogP contribution in [0.4, 0.5) is 13.2 Å². The molecule has 88 valence electrons. The SMILES string of the molecule is O=C(O)c1cc(OC(F)(F)F)[nH]c(=O)c1I. The minimum Gasteiger partial charge on any atom is -0.478 e. The average molecular weight is 349 g/mol. The molecule has 0 unspecified atom stereocenters. The summed E-state index contributed by atoms with van der Waals surface area (Å²) in [6.45, 7) is 0. The molecule has 0 spiro atoms. The number of H-pyrrole nitrogens is 1. The largest absolute Gasteiger partial charge is 0.574 e. The molecular formula is C7H3F3INO4. The summed E-state index contributed by atoms with van der Waals surface area (Å²) < 4.78 is 38.6. The molecule has 0 aliphatic heterocycles. The van der Waals surface area contributed by atoms with Gasteiger partial charge in [-0.15, -0.1) is 13.2 Å². The summed E-state index contributed by atoms with van der Waals surface area (Å²) in [7, 11) is 0. The van der Waals surface area contributed by atoms with Crippen molar-refractivity contribution in [2.75, 3.05) is 0 Å². The van der Waals surface area contributed by atoms with E-state index in [0.29, 0.717) is 6.07 Å². The Morgan fingerprint density at radius 1 is 1.50 bits per heavy atom. The highest BCUT2D eigenvalue weighted by Gasteiger charge is 2.32. The Bertz CT molecular complexity index is 482. The van der Waals surface area contributed by atoms with Crippen LogP contribution in [0.25, 0.3) is 0 Å². The molecule has 0 saturated heterocycles. The third-order valence-electron chi connectivity index (χ3n) is 1.40. The Hall–Kier alpha value is -1.26. The molecule has 9 heteroatoms. The maximum atomic E-state index is 11.8. The van der Waals surface area contributed by atoms with Crippen LogP contribution in [0.2, 0.25) is 0 Å². The lowest BCUT2D eigenvalue weighted by atomic mass is 10.3. The molecule has 2 N–H and O–H groups in total. The molecule has 0 aliphatic carbocycles. The van der Waals surface area contributed by atoms with Crippen molar-refractivity contribution in [2.45, 2.75) is 6.36 Å². The van der Waals surface area contributed by atoms with E-state index in [1.54, 1.807) is 4.98 Å². The zero-order valence-corrected chi connectivity index (χ0v) is 9.42. The van der Waals surface area contributed by atoms with Gasteiger partial charge < -0.3 is 9.84 Å². The number of carboxylic acids is 1. The Labute approximate surface area is 99.4 Å². The molecule has 1 aromatic heterocycles. The molecule has 0 bridgehead atoms. The lowest BCUT2D eigenvalue weighted by Crippen LogP contribution is -2.22. The van der Waals surface area contributed by atoms with E-state index in [2.05, 4.69) is 4.74 Å². The van der Waals surface area contributed by atoms with Crippen molar-refractivity contribution in [1.82, 2.24) is 4.98 Å². The quantitative estimate of drug-likeness (QED) is 0.795. The van der Waals surface area contributed by atoms with E-state index in [1.165, 1.54) is 22.6 Å². The predicted octanol–water partition coefficient (Wildman–Crippen LogP) is 1.58. The number of alkyl halides is 3. The van der Waals surface area contributed by atoms with Gasteiger partial charge in [-0.1, -0.05) is 0 Å². The van der Waals surface area contributed by atoms with E-state index < -0.39 is 29.3 Å². The summed E-state index contributed by atoms with van der Waals surface area (Å²) in [5.41, 5.74) is -1.51. The standard InChI is InChI=1S/C7H3F3INO4/c8-7(9,10)16-3-1-2(6(14)15)4(11)5(13)12-3/h1H,(H,12,13)(H,14,15). The fraction of sp³-hybridized carbons (Fsp3) is 0.143. The van der Waals surface area contributed by atoms with Gasteiger partial charge in [-0.25, -0.2) is 4.79 Å². The van der Waals surface area contributed by atoms with Crippen molar-refractivity contribution in [3.63, 3.8) is 0 Å². The van der Waals surface area contributed by atoms with Crippen LogP contribution >= 0.6 is 22.6 Å². The van der Waals surface area contributed by atoms with Crippen LogP contribution in [0.3, 0.4) is 0 Å². The molecule has 0 radical (unpaired) electrons. The van der Waals surface area contributed by atoms with Gasteiger partial charge in [0.25, 0.3) is 5.56 Å². The highest BCUT2D eigenvalue weighted by Crippen LogP contribution is 2.21. The number of nitrogens with one attached hydrogen (secondary N) is 1. The number of carboxylic acid groups (broad SMARTS) is 1. The van der Waals surface area contributed by atoms with E-state index >= 15 is 0 Å². The van der Waals surface area contributed by atoms with Gasteiger partial charge >= 0.3 is 12.3 Å². The van der Waals surface area contributed by atoms with Gasteiger partial charge in [-0.3, -0.25) is 9.78 Å². The molecule has 0 aliphatic rings. The van der Waals surface area contributed by atoms with Crippen molar-refractivity contribution >= 4 is 28.6 Å². The van der Waals surface area contributed by atoms with E-state index in [1.807, 2.05) is 0 Å². The number of aromatic amines is 1. The number of aromatic carboxylic acids is 1. The molecule has 0 saturated carbocycles. The number of rotatable bonds is 2. The number of ether oxygens (including phenoxy) is 1. The van der Waals surface area contributed by atoms with Crippen LogP contribution in [0, 0.1) is 3.57 Å². The highest BCUT2D eigenvalue weighted by molar-refractivity contribution is 14.1. The van der Waals surface area contributed by atoms with Gasteiger partial charge in [0.15, 0.2) is 0 Å². The molecule has 0 amide bonds. The number of hydrogen-bond acceptors (Lipinski definition) is 3. The van der Waals surface area contributed by atoms with Crippen LogP contribution in [-0.2, 0) is 0 Å². The van der Waals surface area contributed by atoms with Crippen molar-refractivity contribution in [3.8, 4) is 5.88 Å². The number of carbonyl (C=O) groups is 1. The molecule has 0 atom stereocenters. The zero-order valence-electron chi connectivity index (χ0n) is 7.26. The maximum absolute atomic E-state index is 11.8. The van der Waals surface area contributed by atoms with Crippen LogP contribution in [0.15, 0.2) is 10.9 Å². The van der Waals surface area contributed by atoms with Crippen molar-refractivity contribution in [2.24, 2.45) is 0 Å². The maximum Gasteiger partial charge on any atom is 0.574 e. The summed E-state index contributed by atoms with van der Waals surface area (Å²) in [5.74, 6) is -2.47. The van der Waals surface area contributed by atoms with E-state index in [4.69, 9.17) is 5.11 Å². The summed E-state index contributed by atoms with van der Waals surface area (Å²) in [6.07, 6.45) is -4.99. The van der Waals surface area contributed by atoms with Crippen LogP contribution < -0.4 is 10.3 Å². The smallest absolute Gasteiger partial charge is 0.478 e. The first-order valence-corrected chi connectivity index (χ1v) is 4.70. The predicted molar refractivity (Wildman–Crippen MR) is 53.4 cm³/mol. The van der Waals surface area contributed by atoms with Crippen molar-refractivity contribution < 1.29 is 27.8 Å². The second-order valence-electron chi connectivity index (χ2n) is 2.54. The second kappa shape index (κ2) is 4.31. The summed E-state index contributed by atoms with van der Waals surface area (Å²) in [6, 6.07) is 0.596. The summed E-state index contributed by atoms with van der Waals surface area (Å²) >= 11 is 1.41. The van der Waals surface area contributed by atoms with Crippen LogP contribution in [-0.4, -0.2) is 22.4 Å². The normalized spacial score (nSPS) is 11.2. The fourth-order valence-electron chi connectivity index (χ4n) is 0.855. The van der Waals surface area contributed by atoms with Gasteiger partial charge in [-0.05, 0) is 22.6 Å². The second-order valence-corrected chi connectivity index (χ2v) is 3.62. The van der Waals surface area contributed by atoms with Gasteiger partial charge in [0.2, 0.25) is 5.88 Å². The van der Waals surface area contributed by atoms with E-state index in [-0.39, 0.29) is 3.57 Å². The first-order valence-electron chi connectivity index (χ1n) is 3.62. The third-order valence-corrected chi connectivity index (χ3v) is 2.48. The monoisotopic (exact) mass is 349 g/mol. The molecule has 1 aromatic rings.